The second kappa shape index (κ2) is 4.89. The molecule has 0 saturated carbocycles. The van der Waals surface area contributed by atoms with Crippen LogP contribution in [0.1, 0.15) is 11.6 Å². The topological polar surface area (TPSA) is 46.3 Å². The molecule has 1 aliphatic rings. The fourth-order valence-corrected chi connectivity index (χ4v) is 2.65. The standard InChI is InChI=1S/C15H12ClFN2O/c16-10-3-1-2-9(8-10)14-13(18)15(20)19(14)12-6-4-11(17)5-7-12/h1-8,13-14H,18H2/t13-,14+/m0/s1. The van der Waals surface area contributed by atoms with E-state index in [9.17, 15) is 9.18 Å². The normalized spacial score (nSPS) is 21.8. The van der Waals surface area contributed by atoms with E-state index in [4.69, 9.17) is 17.3 Å². The number of nitrogens with two attached hydrogens (primary N) is 1. The minimum atomic E-state index is -0.599. The van der Waals surface area contributed by atoms with Crippen LogP contribution >= 0.6 is 11.6 Å². The maximum Gasteiger partial charge on any atom is 0.247 e. The minimum absolute atomic E-state index is 0.179. The molecule has 1 saturated heterocycles. The third-order valence-electron chi connectivity index (χ3n) is 3.44. The summed E-state index contributed by atoms with van der Waals surface area (Å²) in [4.78, 5) is 13.6. The van der Waals surface area contributed by atoms with Gasteiger partial charge in [-0.2, -0.15) is 0 Å². The summed E-state index contributed by atoms with van der Waals surface area (Å²) in [7, 11) is 0. The van der Waals surface area contributed by atoms with E-state index in [1.54, 1.807) is 29.2 Å². The number of hydrogen-bond acceptors (Lipinski definition) is 2. The quantitative estimate of drug-likeness (QED) is 0.865. The maximum absolute atomic E-state index is 13.0. The van der Waals surface area contributed by atoms with Crippen molar-refractivity contribution in [1.29, 1.82) is 0 Å². The average Bonchev–Trinajstić information content (AvgIpc) is 2.45. The summed E-state index contributed by atoms with van der Waals surface area (Å²) in [5.74, 6) is -0.521. The number of benzene rings is 2. The van der Waals surface area contributed by atoms with E-state index < -0.39 is 6.04 Å². The zero-order valence-electron chi connectivity index (χ0n) is 10.5. The van der Waals surface area contributed by atoms with Crippen molar-refractivity contribution in [2.75, 3.05) is 4.90 Å². The summed E-state index contributed by atoms with van der Waals surface area (Å²) >= 11 is 5.97. The van der Waals surface area contributed by atoms with Crippen molar-refractivity contribution in [1.82, 2.24) is 0 Å². The summed E-state index contributed by atoms with van der Waals surface area (Å²) in [6, 6.07) is 12.1. The SMILES string of the molecule is N[C@@H]1C(=O)N(c2ccc(F)cc2)[C@@H]1c1cccc(Cl)c1. The number of amides is 1. The van der Waals surface area contributed by atoms with Crippen LogP contribution in [0.3, 0.4) is 0 Å². The number of halogens is 2. The average molecular weight is 291 g/mol. The van der Waals surface area contributed by atoms with E-state index in [-0.39, 0.29) is 17.8 Å². The lowest BCUT2D eigenvalue weighted by Gasteiger charge is -2.45. The van der Waals surface area contributed by atoms with Gasteiger partial charge in [0.05, 0.1) is 6.04 Å². The van der Waals surface area contributed by atoms with Gasteiger partial charge in [0.25, 0.3) is 0 Å². The Kier molecular flexibility index (Phi) is 3.20. The number of β-lactam (4-membered cyclic amide) rings is 1. The summed E-state index contributed by atoms with van der Waals surface area (Å²) in [5.41, 5.74) is 7.39. The highest BCUT2D eigenvalue weighted by atomic mass is 35.5. The Balaban J connectivity index is 1.97. The highest BCUT2D eigenvalue weighted by Crippen LogP contribution is 2.38. The van der Waals surface area contributed by atoms with E-state index in [2.05, 4.69) is 0 Å². The van der Waals surface area contributed by atoms with Crippen molar-refractivity contribution in [2.24, 2.45) is 5.73 Å². The number of nitrogens with zero attached hydrogens (tertiary/aromatic N) is 1. The van der Waals surface area contributed by atoms with Gasteiger partial charge >= 0.3 is 0 Å². The van der Waals surface area contributed by atoms with Gasteiger partial charge in [-0.05, 0) is 42.0 Å². The predicted octanol–water partition coefficient (Wildman–Crippen LogP) is 2.89. The summed E-state index contributed by atoms with van der Waals surface area (Å²) in [6.45, 7) is 0. The number of rotatable bonds is 2. The Morgan fingerprint density at radius 2 is 1.85 bits per heavy atom. The number of carbonyl (C=O) groups excluding carboxylic acids is 1. The summed E-state index contributed by atoms with van der Waals surface area (Å²) < 4.78 is 13.0. The molecule has 20 heavy (non-hydrogen) atoms. The second-order valence-electron chi connectivity index (χ2n) is 4.71. The Labute approximate surface area is 120 Å². The van der Waals surface area contributed by atoms with Gasteiger partial charge in [0.15, 0.2) is 0 Å². The molecule has 102 valence electrons. The smallest absolute Gasteiger partial charge is 0.247 e. The van der Waals surface area contributed by atoms with E-state index in [0.29, 0.717) is 10.7 Å². The molecule has 2 aromatic carbocycles. The first-order chi connectivity index (χ1) is 9.58. The van der Waals surface area contributed by atoms with E-state index in [0.717, 1.165) is 5.56 Å². The predicted molar refractivity (Wildman–Crippen MR) is 76.1 cm³/mol. The molecule has 0 bridgehead atoms. The first-order valence-corrected chi connectivity index (χ1v) is 6.55. The molecule has 0 spiro atoms. The van der Waals surface area contributed by atoms with Crippen molar-refractivity contribution in [3.8, 4) is 0 Å². The lowest BCUT2D eigenvalue weighted by atomic mass is 9.88. The maximum atomic E-state index is 13.0. The van der Waals surface area contributed by atoms with Gasteiger partial charge in [-0.15, -0.1) is 0 Å². The first kappa shape index (κ1) is 13.1. The van der Waals surface area contributed by atoms with Crippen molar-refractivity contribution >= 4 is 23.2 Å². The Morgan fingerprint density at radius 1 is 1.15 bits per heavy atom. The summed E-state index contributed by atoms with van der Waals surface area (Å²) in [6.07, 6.45) is 0. The van der Waals surface area contributed by atoms with Crippen LogP contribution in [0.15, 0.2) is 48.5 Å². The highest BCUT2D eigenvalue weighted by Gasteiger charge is 2.46. The fourth-order valence-electron chi connectivity index (χ4n) is 2.45. The number of anilines is 1. The lowest BCUT2D eigenvalue weighted by molar-refractivity contribution is -0.126. The van der Waals surface area contributed by atoms with Crippen LogP contribution in [-0.4, -0.2) is 11.9 Å². The minimum Gasteiger partial charge on any atom is -0.318 e. The highest BCUT2D eigenvalue weighted by molar-refractivity contribution is 6.30. The van der Waals surface area contributed by atoms with E-state index >= 15 is 0 Å². The van der Waals surface area contributed by atoms with E-state index in [1.165, 1.54) is 12.1 Å². The third-order valence-corrected chi connectivity index (χ3v) is 3.67. The molecule has 3 nitrogen and oxygen atoms in total. The van der Waals surface area contributed by atoms with Gasteiger partial charge in [-0.25, -0.2) is 4.39 Å². The van der Waals surface area contributed by atoms with Crippen molar-refractivity contribution in [2.45, 2.75) is 12.1 Å². The number of hydrogen-bond donors (Lipinski definition) is 1. The summed E-state index contributed by atoms with van der Waals surface area (Å²) in [5, 5.41) is 0.591. The number of carbonyl (C=O) groups is 1. The molecule has 2 atom stereocenters. The van der Waals surface area contributed by atoms with Gasteiger partial charge < -0.3 is 10.6 Å². The molecule has 5 heteroatoms. The zero-order valence-corrected chi connectivity index (χ0v) is 11.2. The van der Waals surface area contributed by atoms with Crippen LogP contribution in [0.25, 0.3) is 0 Å². The van der Waals surface area contributed by atoms with Crippen LogP contribution in [0.2, 0.25) is 5.02 Å². The largest absolute Gasteiger partial charge is 0.318 e. The Bertz CT molecular complexity index is 659. The molecule has 1 heterocycles. The molecular weight excluding hydrogens is 279 g/mol. The van der Waals surface area contributed by atoms with Crippen molar-refractivity contribution in [3.05, 3.63) is 64.9 Å². The molecule has 0 aromatic heterocycles. The van der Waals surface area contributed by atoms with Crippen molar-refractivity contribution in [3.63, 3.8) is 0 Å². The second-order valence-corrected chi connectivity index (χ2v) is 5.15. The lowest BCUT2D eigenvalue weighted by Crippen LogP contribution is -2.63. The molecule has 3 rings (SSSR count). The molecule has 0 radical (unpaired) electrons. The fraction of sp³-hybridized carbons (Fsp3) is 0.133. The first-order valence-electron chi connectivity index (χ1n) is 6.17. The van der Waals surface area contributed by atoms with Crippen LogP contribution in [0.4, 0.5) is 10.1 Å². The monoisotopic (exact) mass is 290 g/mol. The Hall–Kier alpha value is -1.91. The van der Waals surface area contributed by atoms with Gasteiger partial charge in [0.1, 0.15) is 11.9 Å². The van der Waals surface area contributed by atoms with Crippen LogP contribution in [-0.2, 0) is 4.79 Å². The molecule has 0 unspecified atom stereocenters. The molecule has 1 aliphatic heterocycles. The van der Waals surface area contributed by atoms with E-state index in [1.807, 2.05) is 12.1 Å². The molecule has 2 N–H and O–H groups in total. The molecular formula is C15H12ClFN2O. The van der Waals surface area contributed by atoms with Gasteiger partial charge in [0, 0.05) is 10.7 Å². The molecule has 1 amide bonds. The van der Waals surface area contributed by atoms with Crippen LogP contribution in [0.5, 0.6) is 0 Å². The van der Waals surface area contributed by atoms with Crippen LogP contribution < -0.4 is 10.6 Å². The Morgan fingerprint density at radius 3 is 2.50 bits per heavy atom. The van der Waals surface area contributed by atoms with Crippen LogP contribution in [0, 0.1) is 5.82 Å². The van der Waals surface area contributed by atoms with Gasteiger partial charge in [-0.3, -0.25) is 4.79 Å². The zero-order chi connectivity index (χ0) is 14.3. The van der Waals surface area contributed by atoms with Gasteiger partial charge in [-0.1, -0.05) is 23.7 Å². The molecule has 1 fully saturated rings. The van der Waals surface area contributed by atoms with Gasteiger partial charge in [0.2, 0.25) is 5.91 Å². The van der Waals surface area contributed by atoms with Crippen molar-refractivity contribution < 1.29 is 9.18 Å². The third kappa shape index (κ3) is 2.07. The molecule has 0 aliphatic carbocycles. The molecule has 2 aromatic rings.